The summed E-state index contributed by atoms with van der Waals surface area (Å²) < 4.78 is 0. The van der Waals surface area contributed by atoms with Crippen LogP contribution in [-0.4, -0.2) is 0 Å². The maximum absolute atomic E-state index is 2.25. The summed E-state index contributed by atoms with van der Waals surface area (Å²) in [5.41, 5.74) is 10.4. The second-order valence-corrected chi connectivity index (χ2v) is 7.43. The molecule has 1 aliphatic rings. The quantitative estimate of drug-likeness (QED) is 0.553. The average molecular weight is 507 g/mol. The van der Waals surface area contributed by atoms with Gasteiger partial charge in [-0.3, -0.25) is 0 Å². The summed E-state index contributed by atoms with van der Waals surface area (Å²) in [6, 6.07) is 8.98. The molecule has 0 amide bonds. The Hall–Kier alpha value is -1.27. The minimum absolute atomic E-state index is 0. The molecule has 2 aromatic carbocycles. The summed E-state index contributed by atoms with van der Waals surface area (Å²) >= 11 is 0. The van der Waals surface area contributed by atoms with E-state index >= 15 is 0 Å². The molecule has 1 radical (unpaired) electrons. The summed E-state index contributed by atoms with van der Waals surface area (Å²) in [6.07, 6.45) is 5.53. The first-order valence-corrected chi connectivity index (χ1v) is 9.54. The Balaban J connectivity index is 0. The monoisotopic (exact) mass is 506 g/mol. The van der Waals surface area contributed by atoms with E-state index in [-0.39, 0.29) is 40.3 Å². The van der Waals surface area contributed by atoms with Gasteiger partial charge in [0.25, 0.3) is 0 Å². The van der Waals surface area contributed by atoms with Gasteiger partial charge in [-0.25, -0.2) is 0 Å². The number of hydrogen-bond acceptors (Lipinski definition) is 2. The Morgan fingerprint density at radius 3 is 1.10 bits per heavy atom. The molecule has 0 aliphatic carbocycles. The molecular weight excluding hydrogens is 470 g/mol. The fraction of sp³-hybridized carbons (Fsp3) is 0.400. The first kappa shape index (κ1) is 29.9. The van der Waals surface area contributed by atoms with Gasteiger partial charge in [-0.2, -0.15) is 0 Å². The van der Waals surface area contributed by atoms with Gasteiger partial charge in [0.1, 0.15) is 0 Å². The molecule has 0 fully saturated rings. The Bertz CT molecular complexity index is 703. The summed E-state index contributed by atoms with van der Waals surface area (Å²) in [5.74, 6) is 0. The van der Waals surface area contributed by atoms with E-state index in [1.165, 1.54) is 51.2 Å². The number of aryl methyl sites for hydroxylation is 6. The molecule has 2 aromatic rings. The van der Waals surface area contributed by atoms with Gasteiger partial charge in [-0.1, -0.05) is 63.1 Å². The van der Waals surface area contributed by atoms with Gasteiger partial charge in [0.05, 0.1) is 0 Å². The molecular formula is C25H37ClN2Pd-. The van der Waals surface area contributed by atoms with E-state index in [2.05, 4.69) is 109 Å². The third-order valence-electron chi connectivity index (χ3n) is 4.42. The van der Waals surface area contributed by atoms with Crippen LogP contribution in [0.4, 0.5) is 11.4 Å². The molecule has 0 saturated heterocycles. The second kappa shape index (κ2) is 13.1. The van der Waals surface area contributed by atoms with Crippen molar-refractivity contribution in [1.82, 2.24) is 0 Å². The first-order chi connectivity index (χ1) is 12.3. The molecule has 1 aliphatic heterocycles. The van der Waals surface area contributed by atoms with Crippen LogP contribution in [0.2, 0.25) is 0 Å². The molecule has 0 bridgehead atoms. The Labute approximate surface area is 199 Å². The standard InChI is InChI=1S/C21H25N2.C3H8.CH4.ClH.Pd/c1-14-9-16(3)20(17(4)10-14)22-7-8-23(13-22)21-18(5)11-15(2)12-19(21)6;1-3-2;;;/h7-13H,1-6H3;3H2,1-2H3;1H4;1H;/p-1. The predicted octanol–water partition coefficient (Wildman–Crippen LogP) is 4.51. The molecule has 29 heavy (non-hydrogen) atoms. The van der Waals surface area contributed by atoms with E-state index in [9.17, 15) is 0 Å². The predicted molar refractivity (Wildman–Crippen MR) is 122 cm³/mol. The summed E-state index contributed by atoms with van der Waals surface area (Å²) in [5, 5.41) is 0. The Morgan fingerprint density at radius 2 is 0.862 bits per heavy atom. The second-order valence-electron chi connectivity index (χ2n) is 7.43. The number of hydrogen-bond donors (Lipinski definition) is 0. The summed E-state index contributed by atoms with van der Waals surface area (Å²) in [4.78, 5) is 4.45. The van der Waals surface area contributed by atoms with E-state index in [0.717, 1.165) is 0 Å². The molecule has 0 aromatic heterocycles. The largest absolute Gasteiger partial charge is 1.00 e. The molecule has 0 N–H and O–H groups in total. The molecule has 3 rings (SSSR count). The van der Waals surface area contributed by atoms with Crippen molar-refractivity contribution in [2.45, 2.75) is 69.2 Å². The molecule has 0 unspecified atom stereocenters. The number of anilines is 2. The van der Waals surface area contributed by atoms with Crippen molar-refractivity contribution >= 4 is 11.4 Å². The van der Waals surface area contributed by atoms with Gasteiger partial charge in [0.2, 0.25) is 0 Å². The third-order valence-corrected chi connectivity index (χ3v) is 4.42. The zero-order valence-corrected chi connectivity index (χ0v) is 20.6. The Morgan fingerprint density at radius 1 is 0.621 bits per heavy atom. The van der Waals surface area contributed by atoms with Crippen LogP contribution in [0.25, 0.3) is 0 Å². The summed E-state index contributed by atoms with van der Waals surface area (Å²) in [6.45, 7) is 19.5. The van der Waals surface area contributed by atoms with Crippen LogP contribution in [0, 0.1) is 48.2 Å². The van der Waals surface area contributed by atoms with Crippen LogP contribution in [-0.2, 0) is 20.4 Å². The molecule has 1 heterocycles. The third kappa shape index (κ3) is 7.18. The van der Waals surface area contributed by atoms with Crippen molar-refractivity contribution in [1.29, 1.82) is 0 Å². The maximum atomic E-state index is 2.25. The first-order valence-electron chi connectivity index (χ1n) is 9.54. The van der Waals surface area contributed by atoms with E-state index < -0.39 is 0 Å². The fourth-order valence-electron chi connectivity index (χ4n) is 3.78. The average Bonchev–Trinajstić information content (AvgIpc) is 2.95. The maximum Gasteiger partial charge on any atom is 0.150 e. The number of benzene rings is 2. The molecule has 0 spiro atoms. The van der Waals surface area contributed by atoms with Gasteiger partial charge in [-0.05, 0) is 63.8 Å². The van der Waals surface area contributed by atoms with Crippen LogP contribution < -0.4 is 22.2 Å². The van der Waals surface area contributed by atoms with Gasteiger partial charge >= 0.3 is 0 Å². The summed E-state index contributed by atoms with van der Waals surface area (Å²) in [7, 11) is 0. The topological polar surface area (TPSA) is 6.48 Å². The van der Waals surface area contributed by atoms with Crippen molar-refractivity contribution in [3.63, 3.8) is 0 Å². The van der Waals surface area contributed by atoms with Crippen LogP contribution in [0.5, 0.6) is 0 Å². The molecule has 4 heteroatoms. The van der Waals surface area contributed by atoms with Gasteiger partial charge < -0.3 is 22.2 Å². The molecule has 0 saturated carbocycles. The minimum Gasteiger partial charge on any atom is -1.00 e. The smallest absolute Gasteiger partial charge is 0.150 e. The SMILES string of the molecule is C.CCC.Cc1cc(C)c(N2[CH]N(c3c(C)cc(C)cc3C)C=C2)c(C)c1.[Cl-].[Pd]. The zero-order valence-electron chi connectivity index (χ0n) is 18.3. The Kier molecular flexibility index (Phi) is 13.5. The molecule has 2 nitrogen and oxygen atoms in total. The van der Waals surface area contributed by atoms with Crippen LogP contribution in [0.15, 0.2) is 36.7 Å². The van der Waals surface area contributed by atoms with E-state index in [1.807, 2.05) is 0 Å². The van der Waals surface area contributed by atoms with Crippen molar-refractivity contribution in [3.05, 3.63) is 76.7 Å². The number of halogens is 1. The minimum atomic E-state index is 0. The molecule has 0 atom stereocenters. The van der Waals surface area contributed by atoms with Gasteiger partial charge in [0, 0.05) is 44.2 Å². The van der Waals surface area contributed by atoms with E-state index in [0.29, 0.717) is 0 Å². The van der Waals surface area contributed by atoms with Crippen LogP contribution in [0.3, 0.4) is 0 Å². The van der Waals surface area contributed by atoms with Gasteiger partial charge in [-0.15, -0.1) is 0 Å². The van der Waals surface area contributed by atoms with Gasteiger partial charge in [0.15, 0.2) is 6.67 Å². The van der Waals surface area contributed by atoms with E-state index in [1.54, 1.807) is 0 Å². The zero-order chi connectivity index (χ0) is 19.4. The fourth-order valence-corrected chi connectivity index (χ4v) is 3.78. The van der Waals surface area contributed by atoms with Crippen molar-refractivity contribution < 1.29 is 32.8 Å². The van der Waals surface area contributed by atoms with E-state index in [4.69, 9.17) is 0 Å². The van der Waals surface area contributed by atoms with Crippen LogP contribution >= 0.6 is 0 Å². The number of nitrogens with zero attached hydrogens (tertiary/aromatic N) is 2. The normalized spacial score (nSPS) is 11.7. The number of rotatable bonds is 2. The molecule has 165 valence electrons. The van der Waals surface area contributed by atoms with Crippen molar-refractivity contribution in [2.75, 3.05) is 9.80 Å². The van der Waals surface area contributed by atoms with Crippen molar-refractivity contribution in [3.8, 4) is 0 Å². The van der Waals surface area contributed by atoms with Crippen molar-refractivity contribution in [2.24, 2.45) is 0 Å². The van der Waals surface area contributed by atoms with Crippen LogP contribution in [0.1, 0.15) is 61.1 Å².